The van der Waals surface area contributed by atoms with Crippen LogP contribution >= 0.6 is 34.0 Å². The SMILES string of the molecule is C.C=C1Cc2cc(C(C)C)ccc2N1.C=C1Cc2cc(C(C)C)ccc2O1.C=S1(=O)C=Cc2cc(C(C)C)ccc21.C=S1(=O)CCc2cc(C(C)C)ccc21.C=S1(=O)Cc2ccc(C(C)C)cc2C1.CC(C)c1ccc2c(c1)CCC2.Cc1ccc2ncncc2c1.Cc1nc2ccc(C(C)C)cc2s1.Cc1nc2ccc(C(C)C)cc2s1.Cc1nc2ccc(C(C)C)cc2s1. The largest absolute Gasteiger partial charge is 0.462 e. The zero-order chi connectivity index (χ0) is 94.4. The van der Waals surface area contributed by atoms with E-state index in [0.717, 1.165) is 100 Å². The van der Waals surface area contributed by atoms with Gasteiger partial charge < -0.3 is 10.1 Å². The number of ether oxygens (including phenoxy) is 1. The van der Waals surface area contributed by atoms with Gasteiger partial charge in [-0.2, -0.15) is 0 Å². The maximum Gasteiger partial charge on any atom is 0.130 e. The molecule has 692 valence electrons. The molecular formula is C115H142N6O4S6. The Kier molecular flexibility index (Phi) is 36.0. The number of thiazole rings is 3. The first-order valence-corrected chi connectivity index (χ1v) is 54.2. The van der Waals surface area contributed by atoms with Gasteiger partial charge in [-0.3, -0.25) is 12.6 Å². The van der Waals surface area contributed by atoms with Gasteiger partial charge in [0.25, 0.3) is 0 Å². The Hall–Kier alpha value is -9.91. The van der Waals surface area contributed by atoms with Gasteiger partial charge in [-0.05, 0) is 317 Å². The Morgan fingerprint density at radius 1 is 0.397 bits per heavy atom. The molecule has 0 saturated carbocycles. The second kappa shape index (κ2) is 45.7. The zero-order valence-corrected chi connectivity index (χ0v) is 85.9. The number of nitrogens with zero attached hydrogens (tertiary/aromatic N) is 5. The fourth-order valence-electron chi connectivity index (χ4n) is 16.0. The Morgan fingerprint density at radius 3 is 1.31 bits per heavy atom. The van der Waals surface area contributed by atoms with Crippen molar-refractivity contribution in [2.45, 2.75) is 273 Å². The molecular weight excluding hydrogens is 1720 g/mol. The summed E-state index contributed by atoms with van der Waals surface area (Å²) in [5.41, 5.74) is 31.0. The van der Waals surface area contributed by atoms with Crippen molar-refractivity contribution in [3.63, 3.8) is 0 Å². The maximum atomic E-state index is 12.0. The summed E-state index contributed by atoms with van der Waals surface area (Å²) in [7, 11) is -5.92. The predicted octanol–water partition coefficient (Wildman–Crippen LogP) is 31.5. The number of aromatic nitrogens is 5. The molecule has 3 atom stereocenters. The third-order valence-corrected chi connectivity index (χ3v) is 32.3. The van der Waals surface area contributed by atoms with Gasteiger partial charge in [0.05, 0.1) is 51.2 Å². The lowest BCUT2D eigenvalue weighted by atomic mass is 9.99. The molecule has 0 fully saturated rings. The summed E-state index contributed by atoms with van der Waals surface area (Å²) in [6.45, 7) is 55.7. The normalized spacial score (nSPS) is 16.5. The monoisotopic (exact) mass is 1860 g/mol. The van der Waals surface area contributed by atoms with E-state index in [1.54, 1.807) is 56.9 Å². The highest BCUT2D eigenvalue weighted by Crippen LogP contribution is 2.38. The number of allylic oxidation sites excluding steroid dienone is 2. The lowest BCUT2D eigenvalue weighted by Gasteiger charge is -2.08. The number of fused-ring (bicyclic) bond motifs is 10. The molecule has 131 heavy (non-hydrogen) atoms. The van der Waals surface area contributed by atoms with Crippen LogP contribution in [0.5, 0.6) is 5.75 Å². The molecule has 0 saturated heterocycles. The molecule has 14 aromatic rings. The Labute approximate surface area is 798 Å². The summed E-state index contributed by atoms with van der Waals surface area (Å²) < 4.78 is 45.1. The molecule has 3 unspecified atom stereocenters. The van der Waals surface area contributed by atoms with Crippen molar-refractivity contribution >= 4 is 134 Å². The summed E-state index contributed by atoms with van der Waals surface area (Å²) >= 11 is 5.32. The fourth-order valence-corrected chi connectivity index (χ4v) is 23.5. The van der Waals surface area contributed by atoms with E-state index < -0.39 is 28.6 Å². The molecule has 4 aromatic heterocycles. The van der Waals surface area contributed by atoms with E-state index >= 15 is 0 Å². The highest BCUT2D eigenvalue weighted by molar-refractivity contribution is 8.03. The molecule has 20 rings (SSSR count). The van der Waals surface area contributed by atoms with Gasteiger partial charge in [-0.1, -0.05) is 260 Å². The van der Waals surface area contributed by atoms with Crippen molar-refractivity contribution < 1.29 is 17.4 Å². The molecule has 16 heteroatoms. The lowest BCUT2D eigenvalue weighted by molar-refractivity contribution is 0.449. The van der Waals surface area contributed by atoms with E-state index in [9.17, 15) is 12.6 Å². The van der Waals surface area contributed by atoms with Crippen LogP contribution in [0.25, 0.3) is 47.6 Å². The number of anilines is 1. The minimum atomic E-state index is -2.13. The van der Waals surface area contributed by atoms with E-state index in [1.807, 2.05) is 42.6 Å². The Balaban J connectivity index is 0.000000151. The molecule has 10 aromatic carbocycles. The van der Waals surface area contributed by atoms with Crippen LogP contribution in [-0.2, 0) is 72.2 Å². The fraction of sp³-hybridized carbons (Fsp3) is 0.357. The summed E-state index contributed by atoms with van der Waals surface area (Å²) in [4.78, 5) is 23.2. The molecule has 6 aliphatic rings. The lowest BCUT2D eigenvalue weighted by Crippen LogP contribution is -1.98. The van der Waals surface area contributed by atoms with Gasteiger partial charge in [-0.15, -0.1) is 34.0 Å². The molecule has 9 heterocycles. The standard InChI is InChI=1S/C12H15N.2C12H16OS.C12H14OS.C12H14O.C12H16.3C11H13NS.C9H8N2.CH4/c1-8(2)10-4-5-12-11(7-10)6-9(3)13-12;1-9(2)10-4-5-11-7-14(3,13)8-12(11)6-10;2*1-9(2)10-4-5-12-11(8-10)6-7-14(12,3)13;1-8(2)10-4-5-12-11(7-10)6-9(3)13-12;1-9(2)11-7-6-10-4-3-5-12(10)8-11;3*1-7(2)9-4-5-10-11(6-9)13-8(3)12-10;1-7-2-3-9-8(4-7)5-10-6-11-9;/h4-5,7-8,13H,3,6H2,1-2H3;4-6,9H,3,7-8H2,1-2H3;4-5,8-9H,3,6-7H2,1-2H3;4-9H,3H2,1-2H3;4-5,7-8H,3,6H2,1-2H3;6-9H,3-5H2,1-2H3;3*4-7H,1-3H3;2-6H,1H3;1H4. The first kappa shape index (κ1) is 103. The smallest absolute Gasteiger partial charge is 0.130 e. The van der Waals surface area contributed by atoms with Gasteiger partial charge in [0.2, 0.25) is 0 Å². The number of rotatable bonds is 9. The minimum Gasteiger partial charge on any atom is -0.462 e. The second-order valence-electron chi connectivity index (χ2n) is 38.0. The van der Waals surface area contributed by atoms with E-state index in [-0.39, 0.29) is 7.43 Å². The molecule has 5 aliphatic heterocycles. The molecule has 0 amide bonds. The number of benzene rings is 10. The molecule has 1 aliphatic carbocycles. The number of hydrogen-bond donors (Lipinski definition) is 1. The average Bonchev–Trinajstić information content (AvgIpc) is 1.64. The molecule has 1 N–H and O–H groups in total. The van der Waals surface area contributed by atoms with Crippen LogP contribution in [0, 0.1) is 27.7 Å². The quantitative estimate of drug-likeness (QED) is 0.139. The Bertz CT molecular complexity index is 6470. The van der Waals surface area contributed by atoms with E-state index in [4.69, 9.17) is 4.74 Å². The van der Waals surface area contributed by atoms with E-state index in [1.165, 1.54) is 123 Å². The van der Waals surface area contributed by atoms with Crippen molar-refractivity contribution in [3.8, 4) is 5.75 Å². The molecule has 0 bridgehead atoms. The van der Waals surface area contributed by atoms with Gasteiger partial charge >= 0.3 is 0 Å². The third-order valence-electron chi connectivity index (χ3n) is 24.0. The molecule has 10 nitrogen and oxygen atoms in total. The third kappa shape index (κ3) is 28.3. The first-order chi connectivity index (χ1) is 61.4. The van der Waals surface area contributed by atoms with Crippen molar-refractivity contribution in [1.82, 2.24) is 24.9 Å². The second-order valence-corrected chi connectivity index (χ2v) is 48.8. The van der Waals surface area contributed by atoms with Crippen LogP contribution in [0.4, 0.5) is 5.69 Å². The van der Waals surface area contributed by atoms with Crippen LogP contribution in [0.2, 0.25) is 0 Å². The minimum absolute atomic E-state index is 0. The van der Waals surface area contributed by atoms with Crippen molar-refractivity contribution in [1.29, 1.82) is 0 Å². The first-order valence-electron chi connectivity index (χ1n) is 46.0. The zero-order valence-electron chi connectivity index (χ0n) is 81.0. The summed E-state index contributed by atoms with van der Waals surface area (Å²) in [6, 6.07) is 64.6. The maximum absolute atomic E-state index is 12.0. The van der Waals surface area contributed by atoms with Gasteiger partial charge in [0.15, 0.2) is 0 Å². The van der Waals surface area contributed by atoms with Crippen LogP contribution < -0.4 is 10.1 Å². The highest BCUT2D eigenvalue weighted by Gasteiger charge is 2.24. The molecule has 0 radical (unpaired) electrons. The van der Waals surface area contributed by atoms with Crippen LogP contribution in [0.15, 0.2) is 234 Å². The average molecular weight is 1860 g/mol. The van der Waals surface area contributed by atoms with Gasteiger partial charge in [0.1, 0.15) is 17.8 Å². The highest BCUT2D eigenvalue weighted by atomic mass is 32.2. The van der Waals surface area contributed by atoms with Crippen molar-refractivity contribution in [2.24, 2.45) is 0 Å². The number of nitrogens with one attached hydrogen (secondary N) is 1. The predicted molar refractivity (Wildman–Crippen MR) is 579 cm³/mol. The van der Waals surface area contributed by atoms with E-state index in [2.05, 4.69) is 365 Å². The van der Waals surface area contributed by atoms with Crippen LogP contribution in [-0.4, -0.2) is 60.9 Å². The van der Waals surface area contributed by atoms with Crippen LogP contribution in [0.3, 0.4) is 0 Å². The number of aryl methyl sites for hydroxylation is 7. The van der Waals surface area contributed by atoms with Crippen molar-refractivity contribution in [2.75, 3.05) is 11.1 Å². The summed E-state index contributed by atoms with van der Waals surface area (Å²) in [5.74, 6) is 20.5. The summed E-state index contributed by atoms with van der Waals surface area (Å²) in [6.07, 6.45) is 12.0. The van der Waals surface area contributed by atoms with Crippen molar-refractivity contribution in [3.05, 3.63) is 340 Å². The number of hydrogen-bond acceptors (Lipinski definition) is 13. The Morgan fingerprint density at radius 2 is 0.802 bits per heavy atom. The van der Waals surface area contributed by atoms with Crippen LogP contribution in [0.1, 0.15) is 307 Å². The summed E-state index contributed by atoms with van der Waals surface area (Å²) in [5, 5.41) is 9.53. The van der Waals surface area contributed by atoms with Gasteiger partial charge in [-0.25, -0.2) is 24.9 Å². The topological polar surface area (TPSA) is 137 Å². The van der Waals surface area contributed by atoms with E-state index in [0.29, 0.717) is 64.8 Å². The molecule has 0 spiro atoms. The van der Waals surface area contributed by atoms with Gasteiger partial charge in [0, 0.05) is 77.9 Å².